The number of hydrogen-bond donors (Lipinski definition) is 2. The molecule has 0 spiro atoms. The average molecular weight is 350 g/mol. The fourth-order valence-corrected chi connectivity index (χ4v) is 2.20. The van der Waals surface area contributed by atoms with Gasteiger partial charge in [0, 0.05) is 10.7 Å². The molecule has 0 radical (unpaired) electrons. The van der Waals surface area contributed by atoms with E-state index in [2.05, 4.69) is 20.8 Å². The third-order valence-corrected chi connectivity index (χ3v) is 3.56. The number of hydrogen-bond acceptors (Lipinski definition) is 5. The van der Waals surface area contributed by atoms with E-state index >= 15 is 0 Å². The van der Waals surface area contributed by atoms with Crippen LogP contribution in [-0.2, 0) is 0 Å². The Balaban J connectivity index is 1.70. The zero-order valence-corrected chi connectivity index (χ0v) is 13.7. The van der Waals surface area contributed by atoms with E-state index in [0.29, 0.717) is 22.1 Å². The van der Waals surface area contributed by atoms with E-state index in [4.69, 9.17) is 16.9 Å². The maximum atomic E-state index is 12.2. The molecule has 6 nitrogen and oxygen atoms in total. The van der Waals surface area contributed by atoms with E-state index in [9.17, 15) is 4.79 Å². The molecule has 0 saturated carbocycles. The Kier molecular flexibility index (Phi) is 4.88. The summed E-state index contributed by atoms with van der Waals surface area (Å²) in [5.41, 5.74) is 1.76. The number of para-hydroxylation sites is 1. The fourth-order valence-electron chi connectivity index (χ4n) is 2.08. The van der Waals surface area contributed by atoms with E-state index in [1.54, 1.807) is 48.5 Å². The number of nitrogens with one attached hydrogen (secondary N) is 2. The van der Waals surface area contributed by atoms with Crippen molar-refractivity contribution < 1.29 is 4.79 Å². The molecule has 0 fully saturated rings. The molecule has 0 aliphatic rings. The Morgan fingerprint density at radius 2 is 1.76 bits per heavy atom. The molecule has 7 heteroatoms. The Labute approximate surface area is 149 Å². The second-order valence-electron chi connectivity index (χ2n) is 5.05. The van der Waals surface area contributed by atoms with Crippen molar-refractivity contribution in [2.75, 3.05) is 10.6 Å². The lowest BCUT2D eigenvalue weighted by Gasteiger charge is -2.07. The highest BCUT2D eigenvalue weighted by molar-refractivity contribution is 6.30. The second-order valence-corrected chi connectivity index (χ2v) is 5.48. The topological polar surface area (TPSA) is 90.7 Å². The third-order valence-electron chi connectivity index (χ3n) is 3.31. The summed E-state index contributed by atoms with van der Waals surface area (Å²) in [6.07, 6.45) is 0. The first-order valence-corrected chi connectivity index (χ1v) is 7.70. The fraction of sp³-hybridized carbons (Fsp3) is 0. The minimum absolute atomic E-state index is 0.148. The summed E-state index contributed by atoms with van der Waals surface area (Å²) < 4.78 is 0. The quantitative estimate of drug-likeness (QED) is 0.743. The molecule has 0 bridgehead atoms. The average Bonchev–Trinajstić information content (AvgIpc) is 2.64. The molecule has 0 atom stereocenters. The van der Waals surface area contributed by atoms with Crippen LogP contribution in [0.15, 0.2) is 60.7 Å². The van der Waals surface area contributed by atoms with Gasteiger partial charge in [-0.2, -0.15) is 5.26 Å². The molecule has 0 aliphatic carbocycles. The van der Waals surface area contributed by atoms with Crippen LogP contribution in [0.3, 0.4) is 0 Å². The number of carbonyl (C=O) groups is 1. The summed E-state index contributed by atoms with van der Waals surface area (Å²) >= 11 is 5.84. The van der Waals surface area contributed by atoms with Crippen LogP contribution in [0.2, 0.25) is 5.02 Å². The van der Waals surface area contributed by atoms with Gasteiger partial charge in [0.25, 0.3) is 5.91 Å². The minimum Gasteiger partial charge on any atom is -0.339 e. The van der Waals surface area contributed by atoms with Gasteiger partial charge in [-0.15, -0.1) is 10.2 Å². The maximum absolute atomic E-state index is 12.2. The smallest absolute Gasteiger partial charge is 0.276 e. The van der Waals surface area contributed by atoms with Crippen molar-refractivity contribution in [1.82, 2.24) is 10.2 Å². The van der Waals surface area contributed by atoms with Gasteiger partial charge >= 0.3 is 0 Å². The molecular weight excluding hydrogens is 338 g/mol. The van der Waals surface area contributed by atoms with Crippen molar-refractivity contribution in [2.24, 2.45) is 0 Å². The lowest BCUT2D eigenvalue weighted by Crippen LogP contribution is -2.15. The summed E-state index contributed by atoms with van der Waals surface area (Å²) in [6.45, 7) is 0. The highest BCUT2D eigenvalue weighted by Gasteiger charge is 2.11. The number of amides is 1. The van der Waals surface area contributed by atoms with Crippen LogP contribution in [-0.4, -0.2) is 16.1 Å². The van der Waals surface area contributed by atoms with Crippen LogP contribution in [0.4, 0.5) is 17.2 Å². The summed E-state index contributed by atoms with van der Waals surface area (Å²) in [4.78, 5) is 12.2. The lowest BCUT2D eigenvalue weighted by atomic mass is 10.2. The molecule has 3 rings (SSSR count). The Bertz CT molecular complexity index is 933. The number of benzene rings is 2. The number of halogens is 1. The number of nitrogens with zero attached hydrogens (tertiary/aromatic N) is 3. The van der Waals surface area contributed by atoms with Crippen molar-refractivity contribution >= 4 is 34.7 Å². The highest BCUT2D eigenvalue weighted by Crippen LogP contribution is 2.18. The van der Waals surface area contributed by atoms with Gasteiger partial charge in [0.2, 0.25) is 0 Å². The predicted molar refractivity (Wildman–Crippen MR) is 95.9 cm³/mol. The minimum atomic E-state index is -0.437. The van der Waals surface area contributed by atoms with E-state index < -0.39 is 5.91 Å². The predicted octanol–water partition coefficient (Wildman–Crippen LogP) is 4.00. The number of aromatic nitrogens is 2. The van der Waals surface area contributed by atoms with Crippen LogP contribution in [0.1, 0.15) is 16.1 Å². The molecular formula is C18H12ClN5O. The molecule has 3 aromatic rings. The zero-order valence-electron chi connectivity index (χ0n) is 12.9. The van der Waals surface area contributed by atoms with Crippen LogP contribution >= 0.6 is 11.6 Å². The van der Waals surface area contributed by atoms with Gasteiger partial charge in [0.15, 0.2) is 11.5 Å². The van der Waals surface area contributed by atoms with E-state index in [0.717, 1.165) is 5.69 Å². The van der Waals surface area contributed by atoms with Gasteiger partial charge in [0.05, 0.1) is 11.3 Å². The number of nitriles is 1. The number of rotatable bonds is 4. The Hall–Kier alpha value is -3.43. The van der Waals surface area contributed by atoms with Crippen molar-refractivity contribution in [3.63, 3.8) is 0 Å². The first kappa shape index (κ1) is 16.4. The summed E-state index contributed by atoms with van der Waals surface area (Å²) in [5, 5.41) is 23.3. The molecule has 2 aromatic carbocycles. The maximum Gasteiger partial charge on any atom is 0.276 e. The molecule has 0 saturated heterocycles. The molecule has 122 valence electrons. The highest BCUT2D eigenvalue weighted by atomic mass is 35.5. The zero-order chi connectivity index (χ0) is 17.6. The van der Waals surface area contributed by atoms with Crippen LogP contribution < -0.4 is 10.6 Å². The SMILES string of the molecule is N#Cc1ccccc1NC(=O)c1ccc(Nc2ccc(Cl)cc2)nn1. The van der Waals surface area contributed by atoms with Gasteiger partial charge in [-0.25, -0.2) is 0 Å². The third kappa shape index (κ3) is 4.10. The van der Waals surface area contributed by atoms with Gasteiger partial charge < -0.3 is 10.6 Å². The van der Waals surface area contributed by atoms with E-state index in [1.165, 1.54) is 0 Å². The molecule has 25 heavy (non-hydrogen) atoms. The van der Waals surface area contributed by atoms with Crippen LogP contribution in [0.5, 0.6) is 0 Å². The Morgan fingerprint density at radius 1 is 1.00 bits per heavy atom. The van der Waals surface area contributed by atoms with Crippen molar-refractivity contribution in [1.29, 1.82) is 5.26 Å². The van der Waals surface area contributed by atoms with Crippen LogP contribution in [0, 0.1) is 11.3 Å². The summed E-state index contributed by atoms with van der Waals surface area (Å²) in [7, 11) is 0. The van der Waals surface area contributed by atoms with Gasteiger partial charge in [-0.05, 0) is 48.5 Å². The monoisotopic (exact) mass is 349 g/mol. The number of carbonyl (C=O) groups excluding carboxylic acids is 1. The summed E-state index contributed by atoms with van der Waals surface area (Å²) in [5.74, 6) is 0.0598. The molecule has 1 heterocycles. The molecule has 2 N–H and O–H groups in total. The van der Waals surface area contributed by atoms with Gasteiger partial charge in [-0.3, -0.25) is 4.79 Å². The van der Waals surface area contributed by atoms with Gasteiger partial charge in [-0.1, -0.05) is 23.7 Å². The van der Waals surface area contributed by atoms with Gasteiger partial charge in [0.1, 0.15) is 6.07 Å². The van der Waals surface area contributed by atoms with Crippen molar-refractivity contribution in [3.8, 4) is 6.07 Å². The van der Waals surface area contributed by atoms with Crippen molar-refractivity contribution in [3.05, 3.63) is 76.9 Å². The molecule has 0 aliphatic heterocycles. The number of anilines is 3. The molecule has 1 amide bonds. The first-order valence-electron chi connectivity index (χ1n) is 7.32. The lowest BCUT2D eigenvalue weighted by molar-refractivity contribution is 0.102. The first-order chi connectivity index (χ1) is 12.2. The molecule has 1 aromatic heterocycles. The molecule has 0 unspecified atom stereocenters. The normalized spacial score (nSPS) is 9.92. The standard InChI is InChI=1S/C18H12ClN5O/c19-13-5-7-14(8-6-13)21-17-10-9-16(23-24-17)18(25)22-15-4-2-1-3-12(15)11-20/h1-10H,(H,21,24)(H,22,25). The second kappa shape index (κ2) is 7.43. The summed E-state index contributed by atoms with van der Waals surface area (Å²) in [6, 6.07) is 19.1. The van der Waals surface area contributed by atoms with E-state index in [-0.39, 0.29) is 5.69 Å². The largest absolute Gasteiger partial charge is 0.339 e. The van der Waals surface area contributed by atoms with Crippen molar-refractivity contribution in [2.45, 2.75) is 0 Å². The van der Waals surface area contributed by atoms with Crippen LogP contribution in [0.25, 0.3) is 0 Å². The van der Waals surface area contributed by atoms with E-state index in [1.807, 2.05) is 18.2 Å². The Morgan fingerprint density at radius 3 is 2.44 bits per heavy atom.